The van der Waals surface area contributed by atoms with Gasteiger partial charge in [0.1, 0.15) is 12.4 Å². The lowest BCUT2D eigenvalue weighted by Gasteiger charge is -2.14. The summed E-state index contributed by atoms with van der Waals surface area (Å²) in [4.78, 5) is 12.3. The lowest BCUT2D eigenvalue weighted by atomic mass is 10.1. The zero-order valence-electron chi connectivity index (χ0n) is 14.2. The van der Waals surface area contributed by atoms with Gasteiger partial charge in [-0.3, -0.25) is 4.79 Å². The highest BCUT2D eigenvalue weighted by Crippen LogP contribution is 2.20. The number of benzene rings is 2. The van der Waals surface area contributed by atoms with Crippen molar-refractivity contribution in [2.24, 2.45) is 5.73 Å². The Morgan fingerprint density at radius 1 is 1.24 bits per heavy atom. The van der Waals surface area contributed by atoms with Crippen LogP contribution in [-0.4, -0.2) is 31.3 Å². The van der Waals surface area contributed by atoms with Crippen LogP contribution in [0.3, 0.4) is 0 Å². The van der Waals surface area contributed by atoms with Crippen LogP contribution in [0.1, 0.15) is 18.4 Å². The molecule has 0 aliphatic carbocycles. The maximum Gasteiger partial charge on any atom is 0.241 e. The van der Waals surface area contributed by atoms with E-state index in [0.717, 1.165) is 25.0 Å². The molecule has 5 heteroatoms. The molecule has 132 valence electrons. The van der Waals surface area contributed by atoms with Gasteiger partial charge in [-0.05, 0) is 37.0 Å². The number of nitrogens with one attached hydrogen (secondary N) is 1. The molecular formula is C20H24N2O3. The van der Waals surface area contributed by atoms with Gasteiger partial charge in [-0.2, -0.15) is 0 Å². The van der Waals surface area contributed by atoms with Gasteiger partial charge >= 0.3 is 0 Å². The van der Waals surface area contributed by atoms with Crippen LogP contribution < -0.4 is 15.8 Å². The molecule has 1 fully saturated rings. The largest absolute Gasteiger partial charge is 0.491 e. The molecule has 25 heavy (non-hydrogen) atoms. The molecule has 2 atom stereocenters. The highest BCUT2D eigenvalue weighted by molar-refractivity contribution is 5.95. The van der Waals surface area contributed by atoms with E-state index in [4.69, 9.17) is 15.2 Å². The van der Waals surface area contributed by atoms with E-state index in [1.165, 1.54) is 0 Å². The highest BCUT2D eigenvalue weighted by Gasteiger charge is 2.17. The Hall–Kier alpha value is -2.37. The first-order valence-corrected chi connectivity index (χ1v) is 8.65. The summed E-state index contributed by atoms with van der Waals surface area (Å²) in [5, 5.41) is 2.86. The summed E-state index contributed by atoms with van der Waals surface area (Å²) in [7, 11) is 0. The van der Waals surface area contributed by atoms with Gasteiger partial charge in [0.2, 0.25) is 5.91 Å². The molecule has 1 amide bonds. The molecule has 5 nitrogen and oxygen atoms in total. The summed E-state index contributed by atoms with van der Waals surface area (Å²) in [5.74, 6) is 0.505. The average molecular weight is 340 g/mol. The SMILES string of the molecule is NC(Cc1ccccc1)C(=O)Nc1cccc(OCC2CCCO2)c1. The molecule has 3 N–H and O–H groups in total. The quantitative estimate of drug-likeness (QED) is 0.813. The van der Waals surface area contributed by atoms with Crippen LogP contribution in [0.4, 0.5) is 5.69 Å². The van der Waals surface area contributed by atoms with E-state index in [-0.39, 0.29) is 12.0 Å². The number of carbonyl (C=O) groups is 1. The minimum atomic E-state index is -0.598. The molecule has 1 aliphatic heterocycles. The van der Waals surface area contributed by atoms with E-state index < -0.39 is 6.04 Å². The number of rotatable bonds is 7. The lowest BCUT2D eigenvalue weighted by molar-refractivity contribution is -0.117. The van der Waals surface area contributed by atoms with Crippen molar-refractivity contribution < 1.29 is 14.3 Å². The molecule has 1 aliphatic rings. The molecule has 3 rings (SSSR count). The number of hydrogen-bond donors (Lipinski definition) is 2. The van der Waals surface area contributed by atoms with Gasteiger partial charge in [0.25, 0.3) is 0 Å². The minimum Gasteiger partial charge on any atom is -0.491 e. The van der Waals surface area contributed by atoms with E-state index >= 15 is 0 Å². The fraction of sp³-hybridized carbons (Fsp3) is 0.350. The Balaban J connectivity index is 1.52. The third-order valence-corrected chi connectivity index (χ3v) is 4.20. The number of ether oxygens (including phenoxy) is 2. The normalized spacial score (nSPS) is 17.9. The third-order valence-electron chi connectivity index (χ3n) is 4.20. The van der Waals surface area contributed by atoms with Crippen molar-refractivity contribution in [3.05, 3.63) is 60.2 Å². The molecular weight excluding hydrogens is 316 g/mol. The van der Waals surface area contributed by atoms with Crippen molar-refractivity contribution in [1.29, 1.82) is 0 Å². The Labute approximate surface area is 148 Å². The second-order valence-corrected chi connectivity index (χ2v) is 6.26. The third kappa shape index (κ3) is 5.31. The van der Waals surface area contributed by atoms with E-state index in [9.17, 15) is 4.79 Å². The standard InChI is InChI=1S/C20H24N2O3/c21-19(12-15-6-2-1-3-7-15)20(23)22-16-8-4-9-17(13-16)25-14-18-10-5-11-24-18/h1-4,6-9,13,18-19H,5,10-12,14,21H2,(H,22,23). The van der Waals surface area contributed by atoms with Gasteiger partial charge in [-0.1, -0.05) is 36.4 Å². The molecule has 0 aromatic heterocycles. The number of amides is 1. The monoisotopic (exact) mass is 340 g/mol. The van der Waals surface area contributed by atoms with Gasteiger partial charge in [-0.25, -0.2) is 0 Å². The first kappa shape index (κ1) is 17.5. The van der Waals surface area contributed by atoms with Gasteiger partial charge < -0.3 is 20.5 Å². The fourth-order valence-corrected chi connectivity index (χ4v) is 2.82. The molecule has 0 bridgehead atoms. The number of hydrogen-bond acceptors (Lipinski definition) is 4. The summed E-state index contributed by atoms with van der Waals surface area (Å²) >= 11 is 0. The maximum absolute atomic E-state index is 12.3. The topological polar surface area (TPSA) is 73.6 Å². The summed E-state index contributed by atoms with van der Waals surface area (Å²) in [6.45, 7) is 1.34. The Bertz CT molecular complexity index is 684. The Morgan fingerprint density at radius 2 is 2.08 bits per heavy atom. The Morgan fingerprint density at radius 3 is 2.84 bits per heavy atom. The zero-order valence-corrected chi connectivity index (χ0v) is 14.2. The van der Waals surface area contributed by atoms with Crippen LogP contribution in [0.25, 0.3) is 0 Å². The van der Waals surface area contributed by atoms with Crippen molar-refractivity contribution >= 4 is 11.6 Å². The van der Waals surface area contributed by atoms with Crippen LogP contribution in [0.15, 0.2) is 54.6 Å². The second kappa shape index (κ2) is 8.65. The summed E-state index contributed by atoms with van der Waals surface area (Å²) in [6, 6.07) is 16.5. The van der Waals surface area contributed by atoms with Gasteiger partial charge in [-0.15, -0.1) is 0 Å². The zero-order chi connectivity index (χ0) is 17.5. The van der Waals surface area contributed by atoms with Crippen molar-refractivity contribution in [3.63, 3.8) is 0 Å². The molecule has 1 saturated heterocycles. The lowest BCUT2D eigenvalue weighted by Crippen LogP contribution is -2.37. The molecule has 2 unspecified atom stereocenters. The van der Waals surface area contributed by atoms with E-state index in [2.05, 4.69) is 5.32 Å². The van der Waals surface area contributed by atoms with Gasteiger partial charge in [0.15, 0.2) is 0 Å². The predicted molar refractivity (Wildman–Crippen MR) is 97.7 cm³/mol. The van der Waals surface area contributed by atoms with Crippen LogP contribution in [0.2, 0.25) is 0 Å². The number of nitrogens with two attached hydrogens (primary N) is 1. The molecule has 0 radical (unpaired) electrons. The molecule has 2 aromatic carbocycles. The van der Waals surface area contributed by atoms with Crippen LogP contribution >= 0.6 is 0 Å². The van der Waals surface area contributed by atoms with Gasteiger partial charge in [0, 0.05) is 18.4 Å². The van der Waals surface area contributed by atoms with Crippen molar-refractivity contribution in [2.45, 2.75) is 31.4 Å². The molecule has 0 saturated carbocycles. The van der Waals surface area contributed by atoms with Crippen molar-refractivity contribution in [3.8, 4) is 5.75 Å². The first-order chi connectivity index (χ1) is 12.2. The number of carbonyl (C=O) groups excluding carboxylic acids is 1. The van der Waals surface area contributed by atoms with Crippen LogP contribution in [0.5, 0.6) is 5.75 Å². The predicted octanol–water partition coefficient (Wildman–Crippen LogP) is 2.75. The van der Waals surface area contributed by atoms with Gasteiger partial charge in [0.05, 0.1) is 12.1 Å². The van der Waals surface area contributed by atoms with Crippen LogP contribution in [-0.2, 0) is 16.0 Å². The summed E-state index contributed by atoms with van der Waals surface area (Å²) in [5.41, 5.74) is 7.74. The van der Waals surface area contributed by atoms with E-state index in [1.54, 1.807) is 0 Å². The smallest absolute Gasteiger partial charge is 0.241 e. The van der Waals surface area contributed by atoms with Crippen LogP contribution in [0, 0.1) is 0 Å². The highest BCUT2D eigenvalue weighted by atomic mass is 16.5. The maximum atomic E-state index is 12.3. The minimum absolute atomic E-state index is 0.164. The molecule has 1 heterocycles. The van der Waals surface area contributed by atoms with E-state index in [1.807, 2.05) is 54.6 Å². The fourth-order valence-electron chi connectivity index (χ4n) is 2.82. The average Bonchev–Trinajstić information content (AvgIpc) is 3.15. The molecule has 2 aromatic rings. The first-order valence-electron chi connectivity index (χ1n) is 8.65. The Kier molecular flexibility index (Phi) is 6.04. The summed E-state index contributed by atoms with van der Waals surface area (Å²) < 4.78 is 11.3. The molecule has 0 spiro atoms. The van der Waals surface area contributed by atoms with E-state index in [0.29, 0.717) is 24.5 Å². The summed E-state index contributed by atoms with van der Waals surface area (Å²) in [6.07, 6.45) is 2.79. The number of anilines is 1. The van der Waals surface area contributed by atoms with Crippen molar-refractivity contribution in [2.75, 3.05) is 18.5 Å². The van der Waals surface area contributed by atoms with Crippen molar-refractivity contribution in [1.82, 2.24) is 0 Å². The second-order valence-electron chi connectivity index (χ2n) is 6.26.